The van der Waals surface area contributed by atoms with Crippen LogP contribution in [0.25, 0.3) is 33.6 Å². The molecule has 0 aliphatic rings. The van der Waals surface area contributed by atoms with Crippen LogP contribution in [-0.2, 0) is 22.4 Å². The van der Waals surface area contributed by atoms with Crippen LogP contribution in [0.4, 0.5) is 0 Å². The van der Waals surface area contributed by atoms with Gasteiger partial charge in [0.05, 0.1) is 30.5 Å². The van der Waals surface area contributed by atoms with Crippen LogP contribution in [0.5, 0.6) is 0 Å². The molecule has 9 heteroatoms. The van der Waals surface area contributed by atoms with Crippen molar-refractivity contribution in [2.45, 2.75) is 26.7 Å². The lowest BCUT2D eigenvalue weighted by Crippen LogP contribution is -2.06. The molecule has 0 radical (unpaired) electrons. The predicted molar refractivity (Wildman–Crippen MR) is 126 cm³/mol. The second-order valence-corrected chi connectivity index (χ2v) is 8.17. The van der Waals surface area contributed by atoms with E-state index < -0.39 is 5.97 Å². The number of aromatic nitrogens is 6. The molecule has 0 amide bonds. The van der Waals surface area contributed by atoms with Crippen LogP contribution in [-0.4, -0.2) is 42.7 Å². The number of halogens is 1. The quantitative estimate of drug-likeness (QED) is 0.362. The molecule has 3 heterocycles. The van der Waals surface area contributed by atoms with Gasteiger partial charge in [-0.1, -0.05) is 48.4 Å². The van der Waals surface area contributed by atoms with Gasteiger partial charge in [0.1, 0.15) is 5.69 Å². The van der Waals surface area contributed by atoms with Crippen molar-refractivity contribution >= 4 is 34.4 Å². The Labute approximate surface area is 194 Å². The van der Waals surface area contributed by atoms with Gasteiger partial charge in [-0.3, -0.25) is 4.79 Å². The molecule has 33 heavy (non-hydrogen) atoms. The van der Waals surface area contributed by atoms with Crippen LogP contribution in [0, 0.1) is 6.92 Å². The van der Waals surface area contributed by atoms with Gasteiger partial charge in [-0.05, 0) is 43.2 Å². The fourth-order valence-corrected chi connectivity index (χ4v) is 4.01. The van der Waals surface area contributed by atoms with Crippen LogP contribution in [0.2, 0.25) is 5.02 Å². The predicted octanol–water partition coefficient (Wildman–Crippen LogP) is 4.37. The Hall–Kier alpha value is -3.78. The molecule has 0 bridgehead atoms. The summed E-state index contributed by atoms with van der Waals surface area (Å²) in [7, 11) is 1.35. The average molecular weight is 461 g/mol. The molecule has 5 aromatic rings. The summed E-state index contributed by atoms with van der Waals surface area (Å²) in [4.78, 5) is 12.0. The van der Waals surface area contributed by atoms with Gasteiger partial charge < -0.3 is 4.74 Å². The molecule has 0 saturated carbocycles. The largest absolute Gasteiger partial charge is 0.469 e. The highest BCUT2D eigenvalue weighted by Crippen LogP contribution is 2.31. The number of carbonyl (C=O) groups is 1. The Morgan fingerprint density at radius 1 is 1.00 bits per heavy atom. The number of hydrogen-bond donors (Lipinski definition) is 0. The summed E-state index contributed by atoms with van der Waals surface area (Å²) >= 11 is 6.10. The molecule has 8 nitrogen and oxygen atoms in total. The van der Waals surface area contributed by atoms with Gasteiger partial charge in [-0.2, -0.15) is 14.7 Å². The standard InChI is InChI=1S/C24H21ClN6O2/c1-4-18-21(15-7-9-16(25)10-8-15)23-27-26-22-19(13-20(32)33-3)29-30(24(22)31(23)28-18)17-11-5-14(2)6-12-17/h5-12H,4,13H2,1-3H3. The average Bonchev–Trinajstić information content (AvgIpc) is 3.38. The number of nitrogens with zero attached hydrogens (tertiary/aromatic N) is 6. The minimum atomic E-state index is -0.399. The number of hydrogen-bond acceptors (Lipinski definition) is 6. The van der Waals surface area contributed by atoms with Crippen molar-refractivity contribution in [3.63, 3.8) is 0 Å². The maximum absolute atomic E-state index is 12.0. The fraction of sp³-hybridized carbons (Fsp3) is 0.208. The first-order valence-electron chi connectivity index (χ1n) is 10.6. The summed E-state index contributed by atoms with van der Waals surface area (Å²) in [5.41, 5.74) is 6.92. The highest BCUT2D eigenvalue weighted by Gasteiger charge is 2.24. The Morgan fingerprint density at radius 3 is 2.39 bits per heavy atom. The van der Waals surface area contributed by atoms with E-state index in [1.165, 1.54) is 7.11 Å². The fourth-order valence-electron chi connectivity index (χ4n) is 3.88. The minimum Gasteiger partial charge on any atom is -0.469 e. The molecule has 0 fully saturated rings. The van der Waals surface area contributed by atoms with Crippen molar-refractivity contribution in [1.82, 2.24) is 29.6 Å². The van der Waals surface area contributed by atoms with E-state index in [2.05, 4.69) is 10.2 Å². The first-order valence-corrected chi connectivity index (χ1v) is 10.9. The number of rotatable bonds is 5. The van der Waals surface area contributed by atoms with Gasteiger partial charge in [-0.15, -0.1) is 10.2 Å². The number of carbonyl (C=O) groups excluding carboxylic acids is 1. The highest BCUT2D eigenvalue weighted by molar-refractivity contribution is 6.30. The lowest BCUT2D eigenvalue weighted by atomic mass is 10.0. The third kappa shape index (κ3) is 3.62. The topological polar surface area (TPSA) is 87.2 Å². The number of methoxy groups -OCH3 is 1. The molecule has 0 aliphatic carbocycles. The van der Waals surface area contributed by atoms with Gasteiger partial charge in [-0.25, -0.2) is 4.68 Å². The van der Waals surface area contributed by atoms with Crippen LogP contribution in [0.3, 0.4) is 0 Å². The molecule has 0 N–H and O–H groups in total. The SMILES string of the molecule is CCc1nn2c(nnc3c(CC(=O)OC)nn(-c4ccc(C)cc4)c32)c1-c1ccc(Cl)cc1. The van der Waals surface area contributed by atoms with Gasteiger partial charge in [0.15, 0.2) is 16.8 Å². The van der Waals surface area contributed by atoms with E-state index in [4.69, 9.17) is 26.5 Å². The second kappa shape index (κ2) is 8.29. The number of aryl methyl sites for hydroxylation is 2. The molecule has 5 rings (SSSR count). The van der Waals surface area contributed by atoms with Gasteiger partial charge in [0.25, 0.3) is 0 Å². The zero-order valence-corrected chi connectivity index (χ0v) is 19.2. The van der Waals surface area contributed by atoms with E-state index in [9.17, 15) is 4.79 Å². The van der Waals surface area contributed by atoms with E-state index in [0.717, 1.165) is 28.1 Å². The van der Waals surface area contributed by atoms with Crippen molar-refractivity contribution in [2.24, 2.45) is 0 Å². The zero-order chi connectivity index (χ0) is 23.1. The molecule has 0 spiro atoms. The lowest BCUT2D eigenvalue weighted by molar-refractivity contribution is -0.139. The summed E-state index contributed by atoms with van der Waals surface area (Å²) in [6.07, 6.45) is 0.689. The molecule has 0 unspecified atom stereocenters. The monoisotopic (exact) mass is 460 g/mol. The highest BCUT2D eigenvalue weighted by atomic mass is 35.5. The first kappa shape index (κ1) is 21.1. The first-order chi connectivity index (χ1) is 16.0. The maximum atomic E-state index is 12.0. The van der Waals surface area contributed by atoms with Gasteiger partial charge >= 0.3 is 5.97 Å². The van der Waals surface area contributed by atoms with Crippen LogP contribution < -0.4 is 0 Å². The smallest absolute Gasteiger partial charge is 0.311 e. The second-order valence-electron chi connectivity index (χ2n) is 7.74. The van der Waals surface area contributed by atoms with Crippen molar-refractivity contribution in [1.29, 1.82) is 0 Å². The lowest BCUT2D eigenvalue weighted by Gasteiger charge is -2.05. The number of fused-ring (bicyclic) bond motifs is 3. The molecule has 3 aromatic heterocycles. The molecular formula is C24H21ClN6O2. The Kier molecular flexibility index (Phi) is 5.30. The Bertz CT molecular complexity index is 1490. The number of esters is 1. The molecule has 0 atom stereocenters. The van der Waals surface area contributed by atoms with Gasteiger partial charge in [0.2, 0.25) is 0 Å². The maximum Gasteiger partial charge on any atom is 0.311 e. The van der Waals surface area contributed by atoms with Gasteiger partial charge in [0, 0.05) is 5.02 Å². The molecule has 166 valence electrons. The van der Waals surface area contributed by atoms with Crippen molar-refractivity contribution in [3.8, 4) is 16.8 Å². The van der Waals surface area contributed by atoms with Crippen LogP contribution in [0.15, 0.2) is 48.5 Å². The van der Waals surface area contributed by atoms with Crippen LogP contribution >= 0.6 is 11.6 Å². The van der Waals surface area contributed by atoms with E-state index in [0.29, 0.717) is 33.9 Å². The molecular weight excluding hydrogens is 440 g/mol. The molecule has 0 aliphatic heterocycles. The summed E-state index contributed by atoms with van der Waals surface area (Å²) in [6.45, 7) is 4.07. The summed E-state index contributed by atoms with van der Waals surface area (Å²) < 4.78 is 8.38. The summed E-state index contributed by atoms with van der Waals surface area (Å²) in [6, 6.07) is 15.5. The van der Waals surface area contributed by atoms with Crippen molar-refractivity contribution in [3.05, 3.63) is 70.5 Å². The molecule has 0 saturated heterocycles. The normalized spacial score (nSPS) is 11.4. The zero-order valence-electron chi connectivity index (χ0n) is 18.4. The summed E-state index contributed by atoms with van der Waals surface area (Å²) in [5, 5.41) is 19.2. The Morgan fingerprint density at radius 2 is 1.73 bits per heavy atom. The minimum absolute atomic E-state index is 0.0159. The van der Waals surface area contributed by atoms with E-state index in [1.54, 1.807) is 9.20 Å². The molecule has 2 aromatic carbocycles. The number of benzene rings is 2. The number of ether oxygens (including phenoxy) is 1. The van der Waals surface area contributed by atoms with E-state index in [1.807, 2.05) is 62.4 Å². The van der Waals surface area contributed by atoms with Crippen molar-refractivity contribution in [2.75, 3.05) is 7.11 Å². The van der Waals surface area contributed by atoms with E-state index in [-0.39, 0.29) is 6.42 Å². The van der Waals surface area contributed by atoms with Crippen molar-refractivity contribution < 1.29 is 9.53 Å². The summed E-state index contributed by atoms with van der Waals surface area (Å²) in [5.74, 6) is -0.399. The third-order valence-electron chi connectivity index (χ3n) is 5.57. The van der Waals surface area contributed by atoms with Crippen LogP contribution in [0.1, 0.15) is 23.9 Å². The van der Waals surface area contributed by atoms with E-state index >= 15 is 0 Å². The Balaban J connectivity index is 1.83. The third-order valence-corrected chi connectivity index (χ3v) is 5.82.